The predicted octanol–water partition coefficient (Wildman–Crippen LogP) is 5.00. The topological polar surface area (TPSA) is 85.9 Å². The highest BCUT2D eigenvalue weighted by Crippen LogP contribution is 2.42. The normalized spacial score (nSPS) is 11.0. The largest absolute Gasteiger partial charge is 0.367 e. The second-order valence-electron chi connectivity index (χ2n) is 6.23. The van der Waals surface area contributed by atoms with Crippen molar-refractivity contribution in [3.63, 3.8) is 0 Å². The lowest BCUT2D eigenvalue weighted by molar-refractivity contribution is -0.383. The van der Waals surface area contributed by atoms with E-state index in [-0.39, 0.29) is 11.5 Å². The molecule has 140 valence electrons. The van der Waals surface area contributed by atoms with Crippen LogP contribution in [0, 0.1) is 17.0 Å². The van der Waals surface area contributed by atoms with Gasteiger partial charge in [0.2, 0.25) is 5.82 Å². The summed E-state index contributed by atoms with van der Waals surface area (Å²) in [5.41, 5.74) is 3.08. The Bertz CT molecular complexity index is 1190. The van der Waals surface area contributed by atoms with E-state index in [1.165, 1.54) is 0 Å². The Labute approximate surface area is 165 Å². The number of para-hydroxylation sites is 1. The first-order valence-electron chi connectivity index (χ1n) is 8.58. The van der Waals surface area contributed by atoms with Crippen molar-refractivity contribution in [3.05, 3.63) is 75.4 Å². The predicted molar refractivity (Wildman–Crippen MR) is 110 cm³/mol. The quantitative estimate of drug-likeness (QED) is 0.389. The van der Waals surface area contributed by atoms with Crippen molar-refractivity contribution in [1.29, 1.82) is 0 Å². The molecule has 0 saturated carbocycles. The van der Waals surface area contributed by atoms with E-state index in [0.717, 1.165) is 5.69 Å². The number of nitrogens with one attached hydrogen (secondary N) is 1. The van der Waals surface area contributed by atoms with Crippen LogP contribution < -0.4 is 5.32 Å². The maximum atomic E-state index is 11.9. The summed E-state index contributed by atoms with van der Waals surface area (Å²) < 4.78 is 1.70. The second-order valence-corrected chi connectivity index (χ2v) is 6.67. The van der Waals surface area contributed by atoms with Gasteiger partial charge >= 0.3 is 5.69 Å². The Morgan fingerprint density at radius 3 is 2.39 bits per heavy atom. The van der Waals surface area contributed by atoms with Crippen molar-refractivity contribution in [2.24, 2.45) is 0 Å². The van der Waals surface area contributed by atoms with Crippen LogP contribution in [-0.4, -0.2) is 26.7 Å². The lowest BCUT2D eigenvalue weighted by Crippen LogP contribution is -2.04. The Kier molecular flexibility index (Phi) is 4.44. The molecule has 1 N–H and O–H groups in total. The molecule has 0 radical (unpaired) electrons. The van der Waals surface area contributed by atoms with Gasteiger partial charge in [-0.15, -0.1) is 0 Å². The van der Waals surface area contributed by atoms with Gasteiger partial charge in [-0.2, -0.15) is 5.10 Å². The van der Waals surface area contributed by atoms with Crippen LogP contribution in [0.5, 0.6) is 0 Å². The van der Waals surface area contributed by atoms with E-state index in [9.17, 15) is 10.1 Å². The molecule has 8 heteroatoms. The molecule has 0 unspecified atom stereocenters. The van der Waals surface area contributed by atoms with Crippen LogP contribution in [0.4, 0.5) is 11.5 Å². The van der Waals surface area contributed by atoms with Gasteiger partial charge in [-0.1, -0.05) is 41.9 Å². The maximum Gasteiger partial charge on any atom is 0.319 e. The number of rotatable bonds is 4. The number of nitro groups is 1. The summed E-state index contributed by atoms with van der Waals surface area (Å²) in [7, 11) is 1.61. The first-order chi connectivity index (χ1) is 13.5. The third-order valence-electron chi connectivity index (χ3n) is 4.52. The van der Waals surface area contributed by atoms with Crippen LogP contribution >= 0.6 is 11.6 Å². The van der Waals surface area contributed by atoms with Gasteiger partial charge in [-0.25, -0.2) is 9.67 Å². The fourth-order valence-corrected chi connectivity index (χ4v) is 3.43. The Morgan fingerprint density at radius 2 is 1.79 bits per heavy atom. The molecule has 0 aliphatic carbocycles. The zero-order valence-corrected chi connectivity index (χ0v) is 15.9. The van der Waals surface area contributed by atoms with E-state index in [0.29, 0.717) is 32.9 Å². The Balaban J connectivity index is 2.15. The molecule has 0 bridgehead atoms. The average Bonchev–Trinajstić information content (AvgIpc) is 3.04. The van der Waals surface area contributed by atoms with Crippen molar-refractivity contribution in [3.8, 4) is 16.8 Å². The zero-order valence-electron chi connectivity index (χ0n) is 15.2. The van der Waals surface area contributed by atoms with Crippen molar-refractivity contribution in [2.45, 2.75) is 6.92 Å². The lowest BCUT2D eigenvalue weighted by atomic mass is 10.00. The maximum absolute atomic E-state index is 11.9. The summed E-state index contributed by atoms with van der Waals surface area (Å²) in [5, 5.41) is 20.6. The third kappa shape index (κ3) is 2.86. The molecule has 2 aromatic heterocycles. The summed E-state index contributed by atoms with van der Waals surface area (Å²) in [6.45, 7) is 1.83. The van der Waals surface area contributed by atoms with Gasteiger partial charge in [0, 0.05) is 12.1 Å². The molecule has 7 nitrogen and oxygen atoms in total. The molecule has 0 aliphatic rings. The molecule has 4 aromatic rings. The molecule has 0 spiro atoms. The highest BCUT2D eigenvalue weighted by Gasteiger charge is 2.29. The Hall–Kier alpha value is -3.45. The van der Waals surface area contributed by atoms with Gasteiger partial charge in [0.15, 0.2) is 5.65 Å². The van der Waals surface area contributed by atoms with Gasteiger partial charge in [0.25, 0.3) is 0 Å². The summed E-state index contributed by atoms with van der Waals surface area (Å²) in [6, 6.07) is 16.5. The minimum Gasteiger partial charge on any atom is -0.367 e. The third-order valence-corrected chi connectivity index (χ3v) is 4.77. The number of pyridine rings is 1. The first-order valence-corrected chi connectivity index (χ1v) is 8.96. The van der Waals surface area contributed by atoms with Crippen molar-refractivity contribution in [2.75, 3.05) is 12.4 Å². The number of aryl methyl sites for hydroxylation is 1. The number of anilines is 1. The van der Waals surface area contributed by atoms with E-state index in [1.54, 1.807) is 36.0 Å². The van der Waals surface area contributed by atoms with Gasteiger partial charge < -0.3 is 5.32 Å². The van der Waals surface area contributed by atoms with Gasteiger partial charge in [-0.05, 0) is 36.8 Å². The van der Waals surface area contributed by atoms with Crippen LogP contribution in [0.25, 0.3) is 27.8 Å². The summed E-state index contributed by atoms with van der Waals surface area (Å²) >= 11 is 6.02. The van der Waals surface area contributed by atoms with Gasteiger partial charge in [0.1, 0.15) is 0 Å². The van der Waals surface area contributed by atoms with Crippen molar-refractivity contribution < 1.29 is 4.92 Å². The van der Waals surface area contributed by atoms with E-state index < -0.39 is 4.92 Å². The number of aromatic nitrogens is 3. The fourth-order valence-electron chi connectivity index (χ4n) is 3.31. The molecule has 0 amide bonds. The van der Waals surface area contributed by atoms with Gasteiger partial charge in [0.05, 0.1) is 27.3 Å². The van der Waals surface area contributed by atoms with E-state index in [2.05, 4.69) is 15.4 Å². The number of halogens is 1. The van der Waals surface area contributed by atoms with Crippen LogP contribution in [0.2, 0.25) is 5.02 Å². The number of hydrogen-bond acceptors (Lipinski definition) is 5. The van der Waals surface area contributed by atoms with Crippen molar-refractivity contribution in [1.82, 2.24) is 14.8 Å². The number of hydrogen-bond donors (Lipinski definition) is 1. The Morgan fingerprint density at radius 1 is 1.11 bits per heavy atom. The number of nitrogens with zero attached hydrogens (tertiary/aromatic N) is 4. The van der Waals surface area contributed by atoms with Crippen molar-refractivity contribution >= 4 is 34.1 Å². The summed E-state index contributed by atoms with van der Waals surface area (Å²) in [4.78, 5) is 16.1. The number of fused-ring (bicyclic) bond motifs is 1. The molecule has 0 saturated heterocycles. The minimum absolute atomic E-state index is 0.0898. The van der Waals surface area contributed by atoms with Crippen LogP contribution in [0.3, 0.4) is 0 Å². The highest BCUT2D eigenvalue weighted by molar-refractivity contribution is 6.30. The highest BCUT2D eigenvalue weighted by atomic mass is 35.5. The molecule has 0 fully saturated rings. The first kappa shape index (κ1) is 17.9. The monoisotopic (exact) mass is 393 g/mol. The van der Waals surface area contributed by atoms with Crippen LogP contribution in [0.1, 0.15) is 5.69 Å². The molecule has 0 atom stereocenters. The lowest BCUT2D eigenvalue weighted by Gasteiger charge is -2.11. The number of benzene rings is 2. The zero-order chi connectivity index (χ0) is 19.8. The molecular weight excluding hydrogens is 378 g/mol. The standard InChI is InChI=1S/C20H16ClN5O2/c1-12-16-17(13-8-10-14(21)11-9-13)18(26(27)28)19(22-2)23-20(16)25(24-12)15-6-4-3-5-7-15/h3-11H,1-2H3,(H,22,23). The molecule has 0 aliphatic heterocycles. The summed E-state index contributed by atoms with van der Waals surface area (Å²) in [5.74, 6) is 0.180. The van der Waals surface area contributed by atoms with E-state index in [4.69, 9.17) is 11.6 Å². The SMILES string of the molecule is CNc1nc2c(c(C)nn2-c2ccccc2)c(-c2ccc(Cl)cc2)c1[N+](=O)[O-]. The smallest absolute Gasteiger partial charge is 0.319 e. The molecule has 28 heavy (non-hydrogen) atoms. The summed E-state index contributed by atoms with van der Waals surface area (Å²) in [6.07, 6.45) is 0. The van der Waals surface area contributed by atoms with Crippen LogP contribution in [0.15, 0.2) is 54.6 Å². The van der Waals surface area contributed by atoms with Gasteiger partial charge in [-0.3, -0.25) is 10.1 Å². The van der Waals surface area contributed by atoms with E-state index >= 15 is 0 Å². The molecule has 4 rings (SSSR count). The van der Waals surface area contributed by atoms with E-state index in [1.807, 2.05) is 37.3 Å². The second kappa shape index (κ2) is 6.94. The molecular formula is C20H16ClN5O2. The molecule has 2 heterocycles. The van der Waals surface area contributed by atoms with Crippen LogP contribution in [-0.2, 0) is 0 Å². The fraction of sp³-hybridized carbons (Fsp3) is 0.100. The minimum atomic E-state index is -0.415. The average molecular weight is 394 g/mol. The molecule has 2 aromatic carbocycles.